The maximum atomic E-state index is 12.4. The van der Waals surface area contributed by atoms with Crippen LogP contribution in [0.1, 0.15) is 9.67 Å². The number of halogens is 1. The largest absolute Gasteiger partial charge is 0.427 e. The van der Waals surface area contributed by atoms with Gasteiger partial charge in [0.05, 0.1) is 4.92 Å². The predicted molar refractivity (Wildman–Crippen MR) is 80.6 cm³/mol. The van der Waals surface area contributed by atoms with Crippen LogP contribution in [-0.2, 0) is 0 Å². The van der Waals surface area contributed by atoms with Crippen LogP contribution >= 0.6 is 22.9 Å². The van der Waals surface area contributed by atoms with Gasteiger partial charge in [0.25, 0.3) is 11.6 Å². The fourth-order valence-electron chi connectivity index (χ4n) is 1.93. The SMILES string of the molecule is Nc1ccc2oc(=O)n(C(=O)c3cc([N+](=O)[O-])c(Cl)s3)c2c1. The summed E-state index contributed by atoms with van der Waals surface area (Å²) in [6.45, 7) is 0. The molecule has 0 aliphatic carbocycles. The number of aromatic nitrogens is 1. The molecule has 0 aliphatic rings. The summed E-state index contributed by atoms with van der Waals surface area (Å²) in [7, 11) is 0. The van der Waals surface area contributed by atoms with E-state index in [-0.39, 0.29) is 20.3 Å². The second kappa shape index (κ2) is 4.97. The third kappa shape index (κ3) is 2.16. The number of carbonyl (C=O) groups excluding carboxylic acids is 1. The van der Waals surface area contributed by atoms with E-state index in [9.17, 15) is 19.7 Å². The van der Waals surface area contributed by atoms with Gasteiger partial charge in [0.2, 0.25) is 0 Å². The Bertz CT molecular complexity index is 986. The Morgan fingerprint density at radius 2 is 2.14 bits per heavy atom. The summed E-state index contributed by atoms with van der Waals surface area (Å²) in [5, 5.41) is 10.8. The number of benzene rings is 1. The van der Waals surface area contributed by atoms with Crippen molar-refractivity contribution in [2.24, 2.45) is 0 Å². The van der Waals surface area contributed by atoms with Crippen LogP contribution in [0.15, 0.2) is 33.5 Å². The summed E-state index contributed by atoms with van der Waals surface area (Å²) in [5.74, 6) is -1.67. The second-order valence-electron chi connectivity index (χ2n) is 4.26. The fourth-order valence-corrected chi connectivity index (χ4v) is 3.08. The van der Waals surface area contributed by atoms with Gasteiger partial charge in [0.15, 0.2) is 9.92 Å². The van der Waals surface area contributed by atoms with E-state index in [0.717, 1.165) is 10.6 Å². The molecule has 0 bridgehead atoms. The molecular weight excluding hydrogens is 334 g/mol. The van der Waals surface area contributed by atoms with Gasteiger partial charge in [-0.15, -0.1) is 11.3 Å². The summed E-state index contributed by atoms with van der Waals surface area (Å²) < 4.78 is 5.57. The number of hydrogen-bond acceptors (Lipinski definition) is 7. The minimum Gasteiger partial charge on any atom is -0.407 e. The first kappa shape index (κ1) is 14.3. The van der Waals surface area contributed by atoms with Crippen molar-refractivity contribution in [3.05, 3.63) is 54.1 Å². The molecule has 0 radical (unpaired) electrons. The first-order chi connectivity index (χ1) is 10.4. The number of nitrogens with two attached hydrogens (primary N) is 1. The van der Waals surface area contributed by atoms with Gasteiger partial charge in [-0.2, -0.15) is 0 Å². The van der Waals surface area contributed by atoms with E-state index >= 15 is 0 Å². The third-order valence-corrected chi connectivity index (χ3v) is 4.21. The van der Waals surface area contributed by atoms with Crippen LogP contribution in [0.25, 0.3) is 11.1 Å². The molecule has 0 atom stereocenters. The lowest BCUT2D eigenvalue weighted by Gasteiger charge is -1.98. The van der Waals surface area contributed by atoms with Crippen LogP contribution < -0.4 is 11.5 Å². The molecule has 3 rings (SSSR count). The van der Waals surface area contributed by atoms with Crippen LogP contribution in [0.3, 0.4) is 0 Å². The molecule has 0 amide bonds. The highest BCUT2D eigenvalue weighted by molar-refractivity contribution is 7.18. The van der Waals surface area contributed by atoms with Crippen molar-refractivity contribution in [2.75, 3.05) is 5.73 Å². The number of anilines is 1. The molecule has 112 valence electrons. The molecular formula is C12H6ClN3O5S. The lowest BCUT2D eigenvalue weighted by Crippen LogP contribution is -2.22. The lowest BCUT2D eigenvalue weighted by atomic mass is 10.3. The Morgan fingerprint density at radius 1 is 1.41 bits per heavy atom. The van der Waals surface area contributed by atoms with E-state index in [4.69, 9.17) is 21.8 Å². The highest BCUT2D eigenvalue weighted by atomic mass is 35.5. The van der Waals surface area contributed by atoms with E-state index in [1.165, 1.54) is 18.2 Å². The molecule has 10 heteroatoms. The maximum absolute atomic E-state index is 12.4. The first-order valence-electron chi connectivity index (χ1n) is 5.78. The normalized spacial score (nSPS) is 11.0. The lowest BCUT2D eigenvalue weighted by molar-refractivity contribution is -0.384. The number of fused-ring (bicyclic) bond motifs is 1. The van der Waals surface area contributed by atoms with E-state index in [1.54, 1.807) is 0 Å². The van der Waals surface area contributed by atoms with E-state index in [1.807, 2.05) is 0 Å². The van der Waals surface area contributed by atoms with Crippen molar-refractivity contribution in [2.45, 2.75) is 0 Å². The molecule has 1 aromatic carbocycles. The van der Waals surface area contributed by atoms with E-state index < -0.39 is 22.3 Å². The number of rotatable bonds is 2. The number of thiophene rings is 1. The maximum Gasteiger partial charge on any atom is 0.427 e. The van der Waals surface area contributed by atoms with Gasteiger partial charge in [-0.05, 0) is 18.2 Å². The number of nitrogen functional groups attached to an aromatic ring is 1. The average Bonchev–Trinajstić information content (AvgIpc) is 2.98. The summed E-state index contributed by atoms with van der Waals surface area (Å²) in [5.41, 5.74) is 5.94. The monoisotopic (exact) mass is 339 g/mol. The van der Waals surface area contributed by atoms with Crippen molar-refractivity contribution in [3.63, 3.8) is 0 Å². The summed E-state index contributed by atoms with van der Waals surface area (Å²) in [4.78, 5) is 34.3. The Kier molecular flexibility index (Phi) is 3.23. The average molecular weight is 340 g/mol. The molecule has 3 aromatic rings. The number of hydrogen-bond donors (Lipinski definition) is 1. The molecule has 0 fully saturated rings. The molecule has 2 heterocycles. The standard InChI is InChI=1S/C12H6ClN3O5S/c13-10-7(16(19)20)4-9(22-10)11(17)15-6-3-5(14)1-2-8(6)21-12(15)18/h1-4H,14H2. The van der Waals surface area contributed by atoms with Crippen LogP contribution in [0, 0.1) is 10.1 Å². The highest BCUT2D eigenvalue weighted by Gasteiger charge is 2.25. The topological polar surface area (TPSA) is 121 Å². The Balaban J connectivity index is 2.19. The van der Waals surface area contributed by atoms with Gasteiger partial charge in [-0.1, -0.05) is 11.6 Å². The minimum absolute atomic E-state index is 0.0519. The van der Waals surface area contributed by atoms with E-state index in [0.29, 0.717) is 17.0 Å². The zero-order valence-electron chi connectivity index (χ0n) is 10.6. The highest BCUT2D eigenvalue weighted by Crippen LogP contribution is 2.34. The molecule has 8 nitrogen and oxygen atoms in total. The van der Waals surface area contributed by atoms with Gasteiger partial charge >= 0.3 is 5.76 Å². The van der Waals surface area contributed by atoms with Gasteiger partial charge in [-0.3, -0.25) is 14.9 Å². The molecule has 0 spiro atoms. The minimum atomic E-state index is -0.905. The first-order valence-corrected chi connectivity index (χ1v) is 6.97. The molecule has 22 heavy (non-hydrogen) atoms. The molecule has 0 saturated carbocycles. The zero-order valence-corrected chi connectivity index (χ0v) is 12.2. The Morgan fingerprint density at radius 3 is 2.77 bits per heavy atom. The predicted octanol–water partition coefficient (Wildman–Crippen LogP) is 2.49. The van der Waals surface area contributed by atoms with Crippen molar-refractivity contribution in [1.82, 2.24) is 4.57 Å². The Labute approximate surface area is 130 Å². The van der Waals surface area contributed by atoms with E-state index in [2.05, 4.69) is 0 Å². The molecule has 2 aromatic heterocycles. The van der Waals surface area contributed by atoms with Gasteiger partial charge in [-0.25, -0.2) is 9.36 Å². The van der Waals surface area contributed by atoms with Crippen molar-refractivity contribution < 1.29 is 14.1 Å². The number of oxazole rings is 1. The fraction of sp³-hybridized carbons (Fsp3) is 0. The smallest absolute Gasteiger partial charge is 0.407 e. The quantitative estimate of drug-likeness (QED) is 0.435. The second-order valence-corrected chi connectivity index (χ2v) is 5.92. The molecule has 0 unspecified atom stereocenters. The number of nitro groups is 1. The van der Waals surface area contributed by atoms with Crippen LogP contribution in [-0.4, -0.2) is 15.4 Å². The van der Waals surface area contributed by atoms with Gasteiger partial charge in [0.1, 0.15) is 10.4 Å². The summed E-state index contributed by atoms with van der Waals surface area (Å²) in [6, 6.07) is 5.40. The summed E-state index contributed by atoms with van der Waals surface area (Å²) >= 11 is 6.43. The van der Waals surface area contributed by atoms with Crippen LogP contribution in [0.2, 0.25) is 4.34 Å². The van der Waals surface area contributed by atoms with Gasteiger partial charge < -0.3 is 10.2 Å². The third-order valence-electron chi connectivity index (χ3n) is 2.88. The number of carbonyl (C=O) groups is 1. The van der Waals surface area contributed by atoms with Crippen LogP contribution in [0.5, 0.6) is 0 Å². The van der Waals surface area contributed by atoms with Crippen LogP contribution in [0.4, 0.5) is 11.4 Å². The molecule has 0 aliphatic heterocycles. The summed E-state index contributed by atoms with van der Waals surface area (Å²) in [6.07, 6.45) is 0. The van der Waals surface area contributed by atoms with Crippen molar-refractivity contribution >= 4 is 51.3 Å². The van der Waals surface area contributed by atoms with Crippen molar-refractivity contribution in [3.8, 4) is 0 Å². The zero-order chi connectivity index (χ0) is 16.0. The molecule has 2 N–H and O–H groups in total. The number of nitrogens with zero attached hydrogens (tertiary/aromatic N) is 2. The molecule has 0 saturated heterocycles. The van der Waals surface area contributed by atoms with Gasteiger partial charge in [0, 0.05) is 11.8 Å². The Hall–Kier alpha value is -2.65. The van der Waals surface area contributed by atoms with Crippen molar-refractivity contribution in [1.29, 1.82) is 0 Å².